The highest BCUT2D eigenvalue weighted by atomic mass is 15.2. The van der Waals surface area contributed by atoms with Gasteiger partial charge >= 0.3 is 6.85 Å². The summed E-state index contributed by atoms with van der Waals surface area (Å²) in [5.74, 6) is 0. The Morgan fingerprint density at radius 3 is 1.83 bits per heavy atom. The third-order valence-electron chi connectivity index (χ3n) is 10.8. The van der Waals surface area contributed by atoms with Gasteiger partial charge in [0.05, 0.1) is 0 Å². The van der Waals surface area contributed by atoms with E-state index in [-0.39, 0.29) is 6.85 Å². The molecule has 3 aliphatic heterocycles. The number of benzene rings is 8. The number of aryl methyl sites for hydroxylation is 1. The maximum atomic E-state index is 2.63. The molecule has 3 heterocycles. The van der Waals surface area contributed by atoms with Crippen molar-refractivity contribution >= 4 is 67.8 Å². The second kappa shape index (κ2) is 9.50. The number of nitrogens with zero attached hydrogens (tertiary/aromatic N) is 2. The Morgan fingerprint density at radius 1 is 0.417 bits per heavy atom. The Kier molecular flexibility index (Phi) is 5.16. The third-order valence-corrected chi connectivity index (χ3v) is 10.8. The molecule has 0 unspecified atom stereocenters. The first-order chi connectivity index (χ1) is 23.7. The average molecular weight is 609 g/mol. The molecule has 222 valence electrons. The van der Waals surface area contributed by atoms with Gasteiger partial charge in [-0.1, -0.05) is 115 Å². The standard InChI is InChI=1S/C45H29BN2/c1-28-17-23-40-38(25-28)35-13-7-15-42-44(35)46-45-36(39-26-32(21-24-41(39)48(40)46)29-9-3-2-4-10-29)14-8-16-43(45)47(42)33-22-20-31-19-18-30-11-5-6-12-34(30)37(31)27-33/h2-27H,1H3. The summed E-state index contributed by atoms with van der Waals surface area (Å²) < 4.78 is 0. The van der Waals surface area contributed by atoms with Crippen LogP contribution >= 0.6 is 0 Å². The topological polar surface area (TPSA) is 6.48 Å². The number of hydrogen-bond acceptors (Lipinski definition) is 2. The van der Waals surface area contributed by atoms with Crippen molar-refractivity contribution in [1.29, 1.82) is 0 Å². The molecule has 0 amide bonds. The van der Waals surface area contributed by atoms with E-state index in [4.69, 9.17) is 0 Å². The molecule has 0 saturated carbocycles. The van der Waals surface area contributed by atoms with Gasteiger partial charge in [-0.15, -0.1) is 0 Å². The molecule has 48 heavy (non-hydrogen) atoms. The van der Waals surface area contributed by atoms with Crippen molar-refractivity contribution < 1.29 is 0 Å². The summed E-state index contributed by atoms with van der Waals surface area (Å²) in [6.07, 6.45) is 0. The molecule has 11 rings (SSSR count). The summed E-state index contributed by atoms with van der Waals surface area (Å²) in [6, 6.07) is 58.9. The fourth-order valence-corrected chi connectivity index (χ4v) is 8.74. The van der Waals surface area contributed by atoms with Crippen molar-refractivity contribution in [3.63, 3.8) is 0 Å². The largest absolute Gasteiger partial charge is 0.376 e. The molecule has 2 nitrogen and oxygen atoms in total. The van der Waals surface area contributed by atoms with Gasteiger partial charge < -0.3 is 9.71 Å². The van der Waals surface area contributed by atoms with E-state index in [9.17, 15) is 0 Å². The molecule has 8 aromatic carbocycles. The van der Waals surface area contributed by atoms with Crippen molar-refractivity contribution in [3.05, 3.63) is 163 Å². The molecule has 3 aliphatic rings. The van der Waals surface area contributed by atoms with E-state index in [1.807, 2.05) is 0 Å². The Labute approximate surface area is 280 Å². The van der Waals surface area contributed by atoms with E-state index in [1.165, 1.54) is 99.9 Å². The van der Waals surface area contributed by atoms with Crippen LogP contribution in [0, 0.1) is 6.92 Å². The van der Waals surface area contributed by atoms with Crippen molar-refractivity contribution in [2.24, 2.45) is 0 Å². The lowest BCUT2D eigenvalue weighted by atomic mass is 9.41. The molecule has 0 aromatic heterocycles. The van der Waals surface area contributed by atoms with Gasteiger partial charge in [-0.2, -0.15) is 0 Å². The molecular formula is C45H29BN2. The van der Waals surface area contributed by atoms with Gasteiger partial charge in [0.1, 0.15) is 0 Å². The third kappa shape index (κ3) is 3.43. The predicted molar refractivity (Wildman–Crippen MR) is 204 cm³/mol. The number of rotatable bonds is 2. The summed E-state index contributed by atoms with van der Waals surface area (Å²) in [4.78, 5) is 5.15. The summed E-state index contributed by atoms with van der Waals surface area (Å²) in [6.45, 7) is 2.28. The highest BCUT2D eigenvalue weighted by Gasteiger charge is 2.48. The van der Waals surface area contributed by atoms with Crippen LogP contribution in [0.5, 0.6) is 0 Å². The minimum atomic E-state index is 0.0743. The zero-order valence-corrected chi connectivity index (χ0v) is 26.5. The number of hydrogen-bond donors (Lipinski definition) is 0. The van der Waals surface area contributed by atoms with E-state index in [1.54, 1.807) is 0 Å². The Balaban J connectivity index is 1.24. The Hall–Kier alpha value is -6.06. The smallest absolute Gasteiger partial charge is 0.333 e. The number of anilines is 5. The lowest BCUT2D eigenvalue weighted by molar-refractivity contribution is 1.26. The normalized spacial score (nSPS) is 13.4. The summed E-state index contributed by atoms with van der Waals surface area (Å²) in [5, 5.41) is 5.09. The van der Waals surface area contributed by atoms with Crippen LogP contribution in [0.25, 0.3) is 54.9 Å². The molecule has 0 N–H and O–H groups in total. The van der Waals surface area contributed by atoms with E-state index in [0.29, 0.717) is 0 Å². The van der Waals surface area contributed by atoms with Crippen LogP contribution in [-0.4, -0.2) is 6.85 Å². The van der Waals surface area contributed by atoms with E-state index >= 15 is 0 Å². The zero-order valence-electron chi connectivity index (χ0n) is 26.5. The van der Waals surface area contributed by atoms with E-state index < -0.39 is 0 Å². The monoisotopic (exact) mass is 608 g/mol. The van der Waals surface area contributed by atoms with Crippen molar-refractivity contribution in [3.8, 4) is 33.4 Å². The lowest BCUT2D eigenvalue weighted by Crippen LogP contribution is -2.63. The molecule has 0 atom stereocenters. The molecule has 0 spiro atoms. The van der Waals surface area contributed by atoms with Gasteiger partial charge in [-0.3, -0.25) is 0 Å². The molecule has 0 aliphatic carbocycles. The Bertz CT molecular complexity index is 2660. The van der Waals surface area contributed by atoms with Crippen molar-refractivity contribution in [2.75, 3.05) is 9.71 Å². The molecule has 3 heteroatoms. The summed E-state index contributed by atoms with van der Waals surface area (Å²) in [7, 11) is 0. The molecule has 0 radical (unpaired) electrons. The van der Waals surface area contributed by atoms with Crippen LogP contribution in [0.1, 0.15) is 5.56 Å². The van der Waals surface area contributed by atoms with Gasteiger partial charge in [0, 0.05) is 39.6 Å². The summed E-state index contributed by atoms with van der Waals surface area (Å²) in [5.41, 5.74) is 17.9. The van der Waals surface area contributed by atoms with Gasteiger partial charge in [0.15, 0.2) is 0 Å². The van der Waals surface area contributed by atoms with Crippen LogP contribution in [0.15, 0.2) is 158 Å². The Morgan fingerprint density at radius 2 is 1.06 bits per heavy atom. The van der Waals surface area contributed by atoms with Crippen molar-refractivity contribution in [2.45, 2.75) is 6.92 Å². The first-order valence-electron chi connectivity index (χ1n) is 16.8. The second-order valence-electron chi connectivity index (χ2n) is 13.4. The SMILES string of the molecule is Cc1ccc2c(c1)-c1cccc3c1B1c4c(cccc4N3c3ccc4ccc5ccccc5c4c3)-c3cc(-c4ccccc4)ccc3N12. The van der Waals surface area contributed by atoms with Crippen LogP contribution in [0.3, 0.4) is 0 Å². The first kappa shape index (κ1) is 26.1. The molecule has 0 bridgehead atoms. The molecule has 0 fully saturated rings. The van der Waals surface area contributed by atoms with Gasteiger partial charge in [-0.05, 0) is 110 Å². The van der Waals surface area contributed by atoms with Crippen molar-refractivity contribution in [1.82, 2.24) is 0 Å². The van der Waals surface area contributed by atoms with Crippen LogP contribution in [-0.2, 0) is 0 Å². The van der Waals surface area contributed by atoms with Gasteiger partial charge in [0.25, 0.3) is 0 Å². The van der Waals surface area contributed by atoms with Gasteiger partial charge in [-0.25, -0.2) is 0 Å². The van der Waals surface area contributed by atoms with E-state index in [0.717, 1.165) is 0 Å². The molecule has 0 saturated heterocycles. The minimum absolute atomic E-state index is 0.0743. The molecular weight excluding hydrogens is 579 g/mol. The van der Waals surface area contributed by atoms with E-state index in [2.05, 4.69) is 174 Å². The molecule has 8 aromatic rings. The van der Waals surface area contributed by atoms with Crippen LogP contribution in [0.2, 0.25) is 0 Å². The number of fused-ring (bicyclic) bond motifs is 9. The highest BCUT2D eigenvalue weighted by Crippen LogP contribution is 2.52. The maximum absolute atomic E-state index is 2.63. The summed E-state index contributed by atoms with van der Waals surface area (Å²) >= 11 is 0. The maximum Gasteiger partial charge on any atom is 0.333 e. The van der Waals surface area contributed by atoms with Crippen LogP contribution in [0.4, 0.5) is 28.4 Å². The zero-order chi connectivity index (χ0) is 31.5. The first-order valence-corrected chi connectivity index (χ1v) is 16.8. The average Bonchev–Trinajstić information content (AvgIpc) is 3.15. The fourth-order valence-electron chi connectivity index (χ4n) is 8.74. The second-order valence-corrected chi connectivity index (χ2v) is 13.4. The predicted octanol–water partition coefficient (Wildman–Crippen LogP) is 10.7. The highest BCUT2D eigenvalue weighted by molar-refractivity contribution is 6.95. The quantitative estimate of drug-likeness (QED) is 0.142. The van der Waals surface area contributed by atoms with Crippen LogP contribution < -0.4 is 20.6 Å². The minimum Gasteiger partial charge on any atom is -0.376 e. The lowest BCUT2D eigenvalue weighted by Gasteiger charge is -2.49. The fraction of sp³-hybridized carbons (Fsp3) is 0.0222. The van der Waals surface area contributed by atoms with Gasteiger partial charge in [0.2, 0.25) is 0 Å².